The van der Waals surface area contributed by atoms with E-state index in [1.807, 2.05) is 30.3 Å². The van der Waals surface area contributed by atoms with Gasteiger partial charge < -0.3 is 5.11 Å². The minimum atomic E-state index is -0.382. The smallest absolute Gasteiger partial charge is 0.193 e. The molecule has 0 radical (unpaired) electrons. The molecule has 3 heteroatoms. The van der Waals surface area contributed by atoms with Gasteiger partial charge in [0.25, 0.3) is 0 Å². The number of carbonyl (C=O) groups is 1. The molecule has 0 heterocycles. The number of hydrogen-bond acceptors (Lipinski definition) is 2. The van der Waals surface area contributed by atoms with Crippen LogP contribution in [0.4, 0.5) is 4.39 Å². The number of phenols is 1. The van der Waals surface area contributed by atoms with Gasteiger partial charge in [0.1, 0.15) is 11.6 Å². The van der Waals surface area contributed by atoms with Crippen molar-refractivity contribution in [3.63, 3.8) is 0 Å². The van der Waals surface area contributed by atoms with Crippen molar-refractivity contribution in [3.8, 4) is 16.9 Å². The summed E-state index contributed by atoms with van der Waals surface area (Å²) in [5, 5.41) is 10.0. The average molecular weight is 292 g/mol. The van der Waals surface area contributed by atoms with E-state index in [2.05, 4.69) is 0 Å². The fourth-order valence-electron chi connectivity index (χ4n) is 2.29. The molecule has 0 saturated carbocycles. The molecule has 108 valence electrons. The minimum absolute atomic E-state index is 0.113. The van der Waals surface area contributed by atoms with Crippen LogP contribution in [0.25, 0.3) is 11.1 Å². The fourth-order valence-corrected chi connectivity index (χ4v) is 2.29. The molecule has 3 aromatic carbocycles. The van der Waals surface area contributed by atoms with Crippen LogP contribution >= 0.6 is 0 Å². The first-order chi connectivity index (χ1) is 10.6. The number of aromatic hydroxyl groups is 1. The van der Waals surface area contributed by atoms with Crippen LogP contribution in [-0.4, -0.2) is 10.9 Å². The van der Waals surface area contributed by atoms with Gasteiger partial charge >= 0.3 is 0 Å². The predicted molar refractivity (Wildman–Crippen MR) is 83.4 cm³/mol. The van der Waals surface area contributed by atoms with Gasteiger partial charge in [0, 0.05) is 16.7 Å². The molecule has 0 spiro atoms. The molecule has 0 aliphatic rings. The number of carbonyl (C=O) groups excluding carboxylic acids is 1. The molecule has 0 bridgehead atoms. The zero-order chi connectivity index (χ0) is 15.5. The van der Waals surface area contributed by atoms with Crippen LogP contribution in [0.5, 0.6) is 5.75 Å². The van der Waals surface area contributed by atoms with Crippen molar-refractivity contribution in [1.82, 2.24) is 0 Å². The maximum Gasteiger partial charge on any atom is 0.193 e. The molecule has 22 heavy (non-hydrogen) atoms. The van der Waals surface area contributed by atoms with E-state index in [1.54, 1.807) is 12.1 Å². The van der Waals surface area contributed by atoms with Crippen LogP contribution in [0, 0.1) is 5.82 Å². The van der Waals surface area contributed by atoms with Gasteiger partial charge in [-0.25, -0.2) is 4.39 Å². The second-order valence-corrected chi connectivity index (χ2v) is 4.93. The van der Waals surface area contributed by atoms with Crippen molar-refractivity contribution in [2.45, 2.75) is 0 Å². The molecular formula is C19H13FO2. The van der Waals surface area contributed by atoms with Crippen molar-refractivity contribution >= 4 is 5.78 Å². The van der Waals surface area contributed by atoms with E-state index in [9.17, 15) is 14.3 Å². The highest BCUT2D eigenvalue weighted by atomic mass is 19.1. The van der Waals surface area contributed by atoms with Crippen molar-refractivity contribution in [2.24, 2.45) is 0 Å². The Morgan fingerprint density at radius 2 is 1.45 bits per heavy atom. The lowest BCUT2D eigenvalue weighted by Gasteiger charge is -2.08. The Bertz CT molecular complexity index is 809. The summed E-state index contributed by atoms with van der Waals surface area (Å²) in [6.45, 7) is 0. The number of ketones is 1. The SMILES string of the molecule is O=C(c1ccc(F)cc1)c1ccc(O)c(-c2ccccc2)c1. The maximum atomic E-state index is 12.9. The summed E-state index contributed by atoms with van der Waals surface area (Å²) in [6, 6.07) is 19.5. The molecule has 2 nitrogen and oxygen atoms in total. The quantitative estimate of drug-likeness (QED) is 0.725. The number of hydrogen-bond donors (Lipinski definition) is 1. The summed E-state index contributed by atoms with van der Waals surface area (Å²) < 4.78 is 12.9. The van der Waals surface area contributed by atoms with Crippen molar-refractivity contribution < 1.29 is 14.3 Å². The number of rotatable bonds is 3. The Morgan fingerprint density at radius 3 is 2.14 bits per heavy atom. The summed E-state index contributed by atoms with van der Waals surface area (Å²) in [4.78, 5) is 12.4. The Morgan fingerprint density at radius 1 is 0.818 bits per heavy atom. The van der Waals surface area contributed by atoms with Crippen LogP contribution in [0.1, 0.15) is 15.9 Å². The fraction of sp³-hybridized carbons (Fsp3) is 0. The van der Waals surface area contributed by atoms with Crippen LogP contribution in [0.2, 0.25) is 0 Å². The highest BCUT2D eigenvalue weighted by Gasteiger charge is 2.12. The van der Waals surface area contributed by atoms with Crippen LogP contribution in [0.3, 0.4) is 0 Å². The lowest BCUT2D eigenvalue weighted by molar-refractivity contribution is 0.103. The largest absolute Gasteiger partial charge is 0.507 e. The summed E-state index contributed by atoms with van der Waals surface area (Å²) >= 11 is 0. The summed E-state index contributed by atoms with van der Waals surface area (Å²) in [7, 11) is 0. The topological polar surface area (TPSA) is 37.3 Å². The van der Waals surface area contributed by atoms with Crippen LogP contribution in [-0.2, 0) is 0 Å². The van der Waals surface area contributed by atoms with Gasteiger partial charge in [0.15, 0.2) is 5.78 Å². The predicted octanol–water partition coefficient (Wildman–Crippen LogP) is 4.43. The molecular weight excluding hydrogens is 279 g/mol. The first-order valence-electron chi connectivity index (χ1n) is 6.84. The lowest BCUT2D eigenvalue weighted by Crippen LogP contribution is -2.01. The summed E-state index contributed by atoms with van der Waals surface area (Å²) in [5.41, 5.74) is 2.27. The van der Waals surface area contributed by atoms with E-state index >= 15 is 0 Å². The number of benzene rings is 3. The Balaban J connectivity index is 2.02. The standard InChI is InChI=1S/C19H13FO2/c20-16-9-6-14(7-10-16)19(22)15-8-11-18(21)17(12-15)13-4-2-1-3-5-13/h1-12,21H. The molecule has 1 N–H and O–H groups in total. The van der Waals surface area contributed by atoms with Crippen LogP contribution < -0.4 is 0 Å². The molecule has 0 amide bonds. The van der Waals surface area contributed by atoms with E-state index in [4.69, 9.17) is 0 Å². The number of halogens is 1. The Hall–Kier alpha value is -2.94. The van der Waals surface area contributed by atoms with Gasteiger partial charge in [0.2, 0.25) is 0 Å². The number of phenolic OH excluding ortho intramolecular Hbond substituents is 1. The van der Waals surface area contributed by atoms with Crippen molar-refractivity contribution in [2.75, 3.05) is 0 Å². The second kappa shape index (κ2) is 5.82. The second-order valence-electron chi connectivity index (χ2n) is 4.93. The van der Waals surface area contributed by atoms with Gasteiger partial charge in [0.05, 0.1) is 0 Å². The molecule has 0 aromatic heterocycles. The van der Waals surface area contributed by atoms with Gasteiger partial charge in [-0.1, -0.05) is 30.3 Å². The first-order valence-corrected chi connectivity index (χ1v) is 6.84. The van der Waals surface area contributed by atoms with E-state index in [-0.39, 0.29) is 17.3 Å². The molecule has 0 unspecified atom stereocenters. The normalized spacial score (nSPS) is 10.4. The van der Waals surface area contributed by atoms with E-state index < -0.39 is 0 Å². The molecule has 3 rings (SSSR count). The molecule has 0 fully saturated rings. The summed E-state index contributed by atoms with van der Waals surface area (Å²) in [5.74, 6) is -0.480. The highest BCUT2D eigenvalue weighted by molar-refractivity contribution is 6.09. The van der Waals surface area contributed by atoms with Gasteiger partial charge in [-0.15, -0.1) is 0 Å². The van der Waals surface area contributed by atoms with E-state index in [1.165, 1.54) is 30.3 Å². The van der Waals surface area contributed by atoms with Gasteiger partial charge in [-0.2, -0.15) is 0 Å². The van der Waals surface area contributed by atoms with Crippen molar-refractivity contribution in [3.05, 3.63) is 89.7 Å². The zero-order valence-electron chi connectivity index (χ0n) is 11.7. The third kappa shape index (κ3) is 2.74. The van der Waals surface area contributed by atoms with E-state index in [0.29, 0.717) is 16.7 Å². The van der Waals surface area contributed by atoms with Gasteiger partial charge in [-0.3, -0.25) is 4.79 Å². The third-order valence-corrected chi connectivity index (χ3v) is 3.45. The average Bonchev–Trinajstić information content (AvgIpc) is 2.56. The van der Waals surface area contributed by atoms with Crippen LogP contribution in [0.15, 0.2) is 72.8 Å². The zero-order valence-corrected chi connectivity index (χ0v) is 11.7. The lowest BCUT2D eigenvalue weighted by atomic mass is 9.97. The van der Waals surface area contributed by atoms with Gasteiger partial charge in [-0.05, 0) is 48.0 Å². The first kappa shape index (κ1) is 14.0. The third-order valence-electron chi connectivity index (χ3n) is 3.45. The monoisotopic (exact) mass is 292 g/mol. The molecule has 0 saturated heterocycles. The molecule has 0 aliphatic carbocycles. The van der Waals surface area contributed by atoms with Crippen molar-refractivity contribution in [1.29, 1.82) is 0 Å². The van der Waals surface area contributed by atoms with E-state index in [0.717, 1.165) is 5.56 Å². The summed E-state index contributed by atoms with van der Waals surface area (Å²) in [6.07, 6.45) is 0. The minimum Gasteiger partial charge on any atom is -0.507 e. The molecule has 0 aliphatic heterocycles. The Labute approximate surface area is 127 Å². The Kier molecular flexibility index (Phi) is 3.71. The molecule has 0 atom stereocenters. The highest BCUT2D eigenvalue weighted by Crippen LogP contribution is 2.30. The molecule has 3 aromatic rings. The maximum absolute atomic E-state index is 12.9.